The van der Waals surface area contributed by atoms with Crippen LogP contribution < -0.4 is 4.74 Å². The number of halogens is 3. The van der Waals surface area contributed by atoms with Gasteiger partial charge in [0.2, 0.25) is 5.78 Å². The van der Waals surface area contributed by atoms with Crippen molar-refractivity contribution in [1.29, 1.82) is 5.26 Å². The Morgan fingerprint density at radius 1 is 1.24 bits per heavy atom. The molecule has 0 unspecified atom stereocenters. The van der Waals surface area contributed by atoms with E-state index in [1.165, 1.54) is 12.1 Å². The van der Waals surface area contributed by atoms with E-state index in [-0.39, 0.29) is 16.9 Å². The minimum absolute atomic E-state index is 0.219. The van der Waals surface area contributed by atoms with Gasteiger partial charge in [-0.3, -0.25) is 4.79 Å². The van der Waals surface area contributed by atoms with Crippen molar-refractivity contribution in [3.05, 3.63) is 63.6 Å². The molecule has 0 N–H and O–H groups in total. The largest absolute Gasteiger partial charge is 0.484 e. The van der Waals surface area contributed by atoms with Gasteiger partial charge in [0.25, 0.3) is 0 Å². The highest BCUT2D eigenvalue weighted by molar-refractivity contribution is 9.10. The van der Waals surface area contributed by atoms with Crippen LogP contribution in [0.1, 0.15) is 15.9 Å². The minimum Gasteiger partial charge on any atom is -0.484 e. The van der Waals surface area contributed by atoms with Crippen LogP contribution in [0.25, 0.3) is 0 Å². The van der Waals surface area contributed by atoms with E-state index in [1.54, 1.807) is 6.07 Å². The molecule has 0 aliphatic carbocycles. The fourth-order valence-corrected chi connectivity index (χ4v) is 2.01. The average molecular weight is 352 g/mol. The van der Waals surface area contributed by atoms with Gasteiger partial charge in [-0.25, -0.2) is 8.78 Å². The van der Waals surface area contributed by atoms with E-state index in [9.17, 15) is 13.6 Å². The van der Waals surface area contributed by atoms with Gasteiger partial charge in [0, 0.05) is 10.5 Å². The van der Waals surface area contributed by atoms with Crippen molar-refractivity contribution < 1.29 is 18.3 Å². The Hall–Kier alpha value is -2.26. The molecular formula is C15H8BrF2NO2. The number of benzene rings is 2. The third kappa shape index (κ3) is 3.64. The first-order valence-corrected chi connectivity index (χ1v) is 6.61. The van der Waals surface area contributed by atoms with Gasteiger partial charge in [-0.2, -0.15) is 5.26 Å². The van der Waals surface area contributed by atoms with Crippen LogP contribution in [0.4, 0.5) is 8.78 Å². The molecule has 2 rings (SSSR count). The summed E-state index contributed by atoms with van der Waals surface area (Å²) in [5, 5.41) is 8.96. The van der Waals surface area contributed by atoms with Gasteiger partial charge in [0.05, 0.1) is 11.1 Å². The maximum atomic E-state index is 13.5. The zero-order valence-electron chi connectivity index (χ0n) is 10.6. The van der Waals surface area contributed by atoms with Crippen molar-refractivity contribution in [3.8, 4) is 11.8 Å². The summed E-state index contributed by atoms with van der Waals surface area (Å²) in [5.74, 6) is -2.12. The van der Waals surface area contributed by atoms with Crippen LogP contribution in [0.5, 0.6) is 5.75 Å². The SMILES string of the molecule is N#Cc1cc(Br)ccc1OCC(=O)c1ccc(F)cc1F. The maximum absolute atomic E-state index is 13.5. The normalized spacial score (nSPS) is 10.0. The zero-order valence-corrected chi connectivity index (χ0v) is 12.2. The first kappa shape index (κ1) is 15.1. The molecule has 0 saturated heterocycles. The summed E-state index contributed by atoms with van der Waals surface area (Å²) in [4.78, 5) is 11.8. The Balaban J connectivity index is 2.13. The molecule has 0 bridgehead atoms. The van der Waals surface area contributed by atoms with E-state index in [1.807, 2.05) is 6.07 Å². The second-order valence-electron chi connectivity index (χ2n) is 4.09. The molecule has 6 heteroatoms. The molecule has 0 heterocycles. The monoisotopic (exact) mass is 351 g/mol. The van der Waals surface area contributed by atoms with E-state index in [4.69, 9.17) is 10.00 Å². The first-order chi connectivity index (χ1) is 10.0. The van der Waals surface area contributed by atoms with Crippen molar-refractivity contribution in [2.45, 2.75) is 0 Å². The summed E-state index contributed by atoms with van der Waals surface area (Å²) < 4.78 is 32.2. The second-order valence-corrected chi connectivity index (χ2v) is 5.00. The van der Waals surface area contributed by atoms with Crippen LogP contribution in [0.3, 0.4) is 0 Å². The summed E-state index contributed by atoms with van der Waals surface area (Å²) in [5.41, 5.74) is -0.0104. The van der Waals surface area contributed by atoms with Gasteiger partial charge < -0.3 is 4.74 Å². The zero-order chi connectivity index (χ0) is 15.4. The lowest BCUT2D eigenvalue weighted by Gasteiger charge is -2.08. The first-order valence-electron chi connectivity index (χ1n) is 5.82. The van der Waals surface area contributed by atoms with Crippen LogP contribution in [0, 0.1) is 23.0 Å². The number of hydrogen-bond donors (Lipinski definition) is 0. The quantitative estimate of drug-likeness (QED) is 0.786. The molecule has 21 heavy (non-hydrogen) atoms. The predicted molar refractivity (Wildman–Crippen MR) is 75.0 cm³/mol. The Morgan fingerprint density at radius 3 is 2.67 bits per heavy atom. The van der Waals surface area contributed by atoms with Crippen molar-refractivity contribution in [2.75, 3.05) is 6.61 Å². The van der Waals surface area contributed by atoms with Gasteiger partial charge in [-0.1, -0.05) is 15.9 Å². The summed E-state index contributed by atoms with van der Waals surface area (Å²) in [6.45, 7) is -0.446. The fourth-order valence-electron chi connectivity index (χ4n) is 1.65. The molecular weight excluding hydrogens is 344 g/mol. The highest BCUT2D eigenvalue weighted by atomic mass is 79.9. The number of ether oxygens (including phenoxy) is 1. The van der Waals surface area contributed by atoms with Gasteiger partial charge in [-0.15, -0.1) is 0 Å². The molecule has 0 atom stereocenters. The van der Waals surface area contributed by atoms with Crippen molar-refractivity contribution in [1.82, 2.24) is 0 Å². The minimum atomic E-state index is -0.945. The third-order valence-corrected chi connectivity index (χ3v) is 3.15. The number of Topliss-reactive ketones (excluding diaryl/α,β-unsaturated/α-hetero) is 1. The standard InChI is InChI=1S/C15H8BrF2NO2/c16-10-1-4-15(9(5-10)7-19)21-8-14(20)12-3-2-11(17)6-13(12)18/h1-6H,8H2. The highest BCUT2D eigenvalue weighted by Gasteiger charge is 2.14. The topological polar surface area (TPSA) is 50.1 Å². The number of rotatable bonds is 4. The number of carbonyl (C=O) groups is 1. The highest BCUT2D eigenvalue weighted by Crippen LogP contribution is 2.22. The molecule has 0 aliphatic rings. The van der Waals surface area contributed by atoms with Gasteiger partial charge in [0.1, 0.15) is 23.5 Å². The van der Waals surface area contributed by atoms with Crippen molar-refractivity contribution in [3.63, 3.8) is 0 Å². The second kappa shape index (κ2) is 6.46. The van der Waals surface area contributed by atoms with Gasteiger partial charge >= 0.3 is 0 Å². The maximum Gasteiger partial charge on any atom is 0.203 e. The molecule has 0 spiro atoms. The Kier molecular flexibility index (Phi) is 4.66. The van der Waals surface area contributed by atoms with E-state index in [2.05, 4.69) is 15.9 Å². The summed E-state index contributed by atoms with van der Waals surface area (Å²) in [6, 6.07) is 9.33. The van der Waals surface area contributed by atoms with Crippen LogP contribution in [0.2, 0.25) is 0 Å². The fraction of sp³-hybridized carbons (Fsp3) is 0.0667. The lowest BCUT2D eigenvalue weighted by atomic mass is 10.1. The smallest absolute Gasteiger partial charge is 0.203 e. The Labute approximate surface area is 127 Å². The summed E-state index contributed by atoms with van der Waals surface area (Å²) in [6.07, 6.45) is 0. The molecule has 0 aliphatic heterocycles. The Morgan fingerprint density at radius 2 is 2.00 bits per heavy atom. The van der Waals surface area contributed by atoms with E-state index in [0.29, 0.717) is 10.5 Å². The van der Waals surface area contributed by atoms with Crippen molar-refractivity contribution in [2.24, 2.45) is 0 Å². The average Bonchev–Trinajstić information content (AvgIpc) is 2.45. The molecule has 2 aromatic carbocycles. The lowest BCUT2D eigenvalue weighted by molar-refractivity contribution is 0.0917. The number of ketones is 1. The van der Waals surface area contributed by atoms with Crippen molar-refractivity contribution >= 4 is 21.7 Å². The lowest BCUT2D eigenvalue weighted by Crippen LogP contribution is -2.14. The number of carbonyl (C=O) groups excluding carboxylic acids is 1. The van der Waals surface area contributed by atoms with Crippen LogP contribution in [-0.2, 0) is 0 Å². The molecule has 3 nitrogen and oxygen atoms in total. The summed E-state index contributed by atoms with van der Waals surface area (Å²) >= 11 is 3.21. The van der Waals surface area contributed by atoms with Crippen LogP contribution in [-0.4, -0.2) is 12.4 Å². The van der Waals surface area contributed by atoms with Gasteiger partial charge in [0.15, 0.2) is 6.61 Å². The van der Waals surface area contributed by atoms with Crippen LogP contribution >= 0.6 is 15.9 Å². The molecule has 0 aromatic heterocycles. The molecule has 0 radical (unpaired) electrons. The molecule has 2 aromatic rings. The number of nitriles is 1. The van der Waals surface area contributed by atoms with E-state index < -0.39 is 24.0 Å². The van der Waals surface area contributed by atoms with Crippen LogP contribution in [0.15, 0.2) is 40.9 Å². The molecule has 0 fully saturated rings. The number of nitrogens with zero attached hydrogens (tertiary/aromatic N) is 1. The third-order valence-electron chi connectivity index (χ3n) is 2.65. The summed E-state index contributed by atoms with van der Waals surface area (Å²) in [7, 11) is 0. The molecule has 106 valence electrons. The Bertz CT molecular complexity index is 741. The predicted octanol–water partition coefficient (Wildman–Crippen LogP) is 3.86. The molecule has 0 saturated carbocycles. The van der Waals surface area contributed by atoms with E-state index in [0.717, 1.165) is 12.1 Å². The number of hydrogen-bond acceptors (Lipinski definition) is 3. The van der Waals surface area contributed by atoms with Gasteiger partial charge in [-0.05, 0) is 30.3 Å². The van der Waals surface area contributed by atoms with E-state index >= 15 is 0 Å². The molecule has 0 amide bonds.